The summed E-state index contributed by atoms with van der Waals surface area (Å²) < 4.78 is 29.7. The number of nitrogens with zero attached hydrogens (tertiary/aromatic N) is 4. The highest BCUT2D eigenvalue weighted by atomic mass is 32.2. The van der Waals surface area contributed by atoms with E-state index in [4.69, 9.17) is 5.10 Å². The predicted octanol–water partition coefficient (Wildman–Crippen LogP) is 3.37. The first-order valence-corrected chi connectivity index (χ1v) is 11.6. The number of hydrogen-bond donors (Lipinski definition) is 0. The van der Waals surface area contributed by atoms with E-state index in [-0.39, 0.29) is 0 Å². The maximum absolute atomic E-state index is 12.9. The fraction of sp³-hybridized carbons (Fsp3) is 0.350. The zero-order valence-electron chi connectivity index (χ0n) is 16.3. The number of benzene rings is 1. The summed E-state index contributed by atoms with van der Waals surface area (Å²) in [7, 11) is -3.40. The van der Waals surface area contributed by atoms with Crippen molar-refractivity contribution >= 4 is 27.0 Å². The molecule has 8 heteroatoms. The molecule has 0 atom stereocenters. The van der Waals surface area contributed by atoms with E-state index in [2.05, 4.69) is 11.8 Å². The minimum atomic E-state index is -3.40. The van der Waals surface area contributed by atoms with Gasteiger partial charge in [0.25, 0.3) is 10.0 Å². The van der Waals surface area contributed by atoms with Gasteiger partial charge in [-0.25, -0.2) is 13.1 Å². The molecule has 1 aliphatic heterocycles. The van der Waals surface area contributed by atoms with Gasteiger partial charge in [0.05, 0.1) is 22.8 Å². The molecule has 1 aromatic carbocycles. The van der Waals surface area contributed by atoms with Crippen LogP contribution in [0.25, 0.3) is 5.69 Å². The van der Waals surface area contributed by atoms with Gasteiger partial charge in [-0.1, -0.05) is 18.2 Å². The van der Waals surface area contributed by atoms with Crippen molar-refractivity contribution in [1.82, 2.24) is 14.1 Å². The maximum Gasteiger partial charge on any atom is 0.252 e. The van der Waals surface area contributed by atoms with Gasteiger partial charge in [-0.2, -0.15) is 9.40 Å². The van der Waals surface area contributed by atoms with Gasteiger partial charge in [0.1, 0.15) is 4.21 Å². The molecule has 0 amide bonds. The van der Waals surface area contributed by atoms with Crippen molar-refractivity contribution in [2.24, 2.45) is 0 Å². The normalized spacial score (nSPS) is 15.9. The largest absolute Gasteiger partial charge is 0.366 e. The maximum atomic E-state index is 12.9. The van der Waals surface area contributed by atoms with Crippen molar-refractivity contribution in [2.75, 3.05) is 31.1 Å². The van der Waals surface area contributed by atoms with Gasteiger partial charge in [-0.3, -0.25) is 0 Å². The van der Waals surface area contributed by atoms with Crippen LogP contribution in [0, 0.1) is 20.8 Å². The van der Waals surface area contributed by atoms with Gasteiger partial charge < -0.3 is 4.90 Å². The van der Waals surface area contributed by atoms with Crippen molar-refractivity contribution < 1.29 is 8.42 Å². The summed E-state index contributed by atoms with van der Waals surface area (Å²) in [6.45, 7) is 8.29. The number of piperazine rings is 1. The minimum absolute atomic E-state index is 0.433. The molecule has 1 saturated heterocycles. The second kappa shape index (κ2) is 7.35. The van der Waals surface area contributed by atoms with Gasteiger partial charge in [-0.15, -0.1) is 11.3 Å². The number of rotatable bonds is 4. The number of anilines is 1. The summed E-state index contributed by atoms with van der Waals surface area (Å²) in [5.41, 5.74) is 4.18. The van der Waals surface area contributed by atoms with Gasteiger partial charge in [0.2, 0.25) is 0 Å². The van der Waals surface area contributed by atoms with Crippen LogP contribution < -0.4 is 4.90 Å². The van der Waals surface area contributed by atoms with Crippen LogP contribution in [0.5, 0.6) is 0 Å². The molecule has 0 unspecified atom stereocenters. The van der Waals surface area contributed by atoms with Crippen LogP contribution in [-0.2, 0) is 10.0 Å². The summed E-state index contributed by atoms with van der Waals surface area (Å²) in [5.74, 6) is 0. The number of para-hydroxylation sites is 1. The topological polar surface area (TPSA) is 58.4 Å². The second-order valence-electron chi connectivity index (χ2n) is 7.02. The summed E-state index contributed by atoms with van der Waals surface area (Å²) >= 11 is 1.33. The molecule has 2 aromatic heterocycles. The molecule has 3 heterocycles. The molecule has 0 N–H and O–H groups in total. The van der Waals surface area contributed by atoms with Crippen LogP contribution in [0.15, 0.2) is 46.7 Å². The quantitative estimate of drug-likeness (QED) is 0.654. The molecule has 6 nitrogen and oxygen atoms in total. The molecule has 0 saturated carbocycles. The third-order valence-corrected chi connectivity index (χ3v) is 8.49. The van der Waals surface area contributed by atoms with Gasteiger partial charge in [-0.05, 0) is 45.0 Å². The second-order valence-corrected chi connectivity index (χ2v) is 10.5. The van der Waals surface area contributed by atoms with E-state index in [0.717, 1.165) is 27.6 Å². The molecule has 0 spiro atoms. The highest BCUT2D eigenvalue weighted by Gasteiger charge is 2.31. The molecule has 3 aromatic rings. The number of aryl methyl sites for hydroxylation is 2. The molecule has 1 fully saturated rings. The summed E-state index contributed by atoms with van der Waals surface area (Å²) in [6.07, 6.45) is 0. The van der Waals surface area contributed by atoms with Crippen molar-refractivity contribution in [3.05, 3.63) is 58.7 Å². The highest BCUT2D eigenvalue weighted by molar-refractivity contribution is 7.91. The van der Waals surface area contributed by atoms with Crippen molar-refractivity contribution in [3.8, 4) is 5.69 Å². The molecular formula is C20H24N4O2S2. The van der Waals surface area contributed by atoms with Crippen molar-refractivity contribution in [2.45, 2.75) is 25.0 Å². The molecule has 0 radical (unpaired) electrons. The molecule has 0 bridgehead atoms. The van der Waals surface area contributed by atoms with E-state index in [1.807, 2.05) is 54.9 Å². The Morgan fingerprint density at radius 3 is 2.21 bits per heavy atom. The van der Waals surface area contributed by atoms with E-state index in [9.17, 15) is 8.42 Å². The highest BCUT2D eigenvalue weighted by Crippen LogP contribution is 2.30. The predicted molar refractivity (Wildman–Crippen MR) is 113 cm³/mol. The molecule has 148 valence electrons. The average molecular weight is 417 g/mol. The first-order chi connectivity index (χ1) is 13.4. The lowest BCUT2D eigenvalue weighted by Crippen LogP contribution is -2.48. The zero-order chi connectivity index (χ0) is 19.9. The van der Waals surface area contributed by atoms with Gasteiger partial charge >= 0.3 is 0 Å². The van der Waals surface area contributed by atoms with Crippen LogP contribution in [0.3, 0.4) is 0 Å². The van der Waals surface area contributed by atoms with E-state index >= 15 is 0 Å². The Labute approximate surface area is 170 Å². The Balaban J connectivity index is 1.54. The smallest absolute Gasteiger partial charge is 0.252 e. The number of aromatic nitrogens is 2. The number of thiophene rings is 1. The summed E-state index contributed by atoms with van der Waals surface area (Å²) in [5, 5.41) is 4.72. The lowest BCUT2D eigenvalue weighted by atomic mass is 10.2. The van der Waals surface area contributed by atoms with Gasteiger partial charge in [0, 0.05) is 31.1 Å². The van der Waals surface area contributed by atoms with E-state index in [1.54, 1.807) is 10.4 Å². The van der Waals surface area contributed by atoms with Crippen LogP contribution in [0.4, 0.5) is 5.69 Å². The third kappa shape index (κ3) is 3.36. The number of hydrogen-bond acceptors (Lipinski definition) is 5. The van der Waals surface area contributed by atoms with Crippen LogP contribution in [-0.4, -0.2) is 48.7 Å². The Morgan fingerprint density at radius 1 is 0.929 bits per heavy atom. The first kappa shape index (κ1) is 19.2. The molecule has 4 rings (SSSR count). The summed E-state index contributed by atoms with van der Waals surface area (Å²) in [6, 6.07) is 13.6. The fourth-order valence-corrected chi connectivity index (χ4v) is 6.60. The lowest BCUT2D eigenvalue weighted by Gasteiger charge is -2.35. The first-order valence-electron chi connectivity index (χ1n) is 9.31. The number of sulfonamides is 1. The van der Waals surface area contributed by atoms with E-state index < -0.39 is 10.0 Å². The molecule has 1 aliphatic rings. The SMILES string of the molecule is Cc1ccc(S(=O)(=O)N2CCN(c3c(C)nn(-c4ccccc4)c3C)CC2)s1. The minimum Gasteiger partial charge on any atom is -0.366 e. The lowest BCUT2D eigenvalue weighted by molar-refractivity contribution is 0.385. The Hall–Kier alpha value is -2.16. The Morgan fingerprint density at radius 2 is 1.61 bits per heavy atom. The van der Waals surface area contributed by atoms with Crippen LogP contribution >= 0.6 is 11.3 Å². The molecule has 28 heavy (non-hydrogen) atoms. The van der Waals surface area contributed by atoms with Crippen molar-refractivity contribution in [1.29, 1.82) is 0 Å². The average Bonchev–Trinajstić information content (AvgIpc) is 3.26. The van der Waals surface area contributed by atoms with E-state index in [0.29, 0.717) is 30.4 Å². The van der Waals surface area contributed by atoms with Crippen LogP contribution in [0.1, 0.15) is 16.3 Å². The Kier molecular flexibility index (Phi) is 5.03. The van der Waals surface area contributed by atoms with E-state index in [1.165, 1.54) is 11.3 Å². The zero-order valence-corrected chi connectivity index (χ0v) is 17.9. The summed E-state index contributed by atoms with van der Waals surface area (Å²) in [4.78, 5) is 3.26. The standard InChI is InChI=1S/C20H24N4O2S2/c1-15-9-10-19(27-15)28(25,26)23-13-11-22(12-14-23)20-16(2)21-24(17(20)3)18-7-5-4-6-8-18/h4-10H,11-14H2,1-3H3. The molecular weight excluding hydrogens is 392 g/mol. The third-order valence-electron chi connectivity index (χ3n) is 5.12. The Bertz CT molecular complexity index is 1080. The molecule has 0 aliphatic carbocycles. The van der Waals surface area contributed by atoms with Crippen molar-refractivity contribution in [3.63, 3.8) is 0 Å². The van der Waals surface area contributed by atoms with Gasteiger partial charge in [0.15, 0.2) is 0 Å². The fourth-order valence-electron chi connectivity index (χ4n) is 3.74. The monoisotopic (exact) mass is 416 g/mol. The van der Waals surface area contributed by atoms with Crippen LogP contribution in [0.2, 0.25) is 0 Å².